The molecular formula is C17H18ClN5O2. The number of H-pyrrole nitrogens is 2. The lowest BCUT2D eigenvalue weighted by molar-refractivity contribution is 0.0924. The summed E-state index contributed by atoms with van der Waals surface area (Å²) in [6.07, 6.45) is 2.29. The third kappa shape index (κ3) is 3.38. The van der Waals surface area contributed by atoms with Crippen molar-refractivity contribution in [1.82, 2.24) is 25.5 Å². The van der Waals surface area contributed by atoms with Crippen LogP contribution in [0.1, 0.15) is 34.0 Å². The molecule has 7 nitrogen and oxygen atoms in total. The molecule has 1 aliphatic heterocycles. The largest absolute Gasteiger partial charge is 0.376 e. The van der Waals surface area contributed by atoms with Crippen molar-refractivity contribution in [3.05, 3.63) is 46.0 Å². The molecule has 3 N–H and O–H groups in total. The smallest absolute Gasteiger partial charge is 0.272 e. The molecule has 0 saturated carbocycles. The van der Waals surface area contributed by atoms with Gasteiger partial charge in [-0.05, 0) is 24.6 Å². The Morgan fingerprint density at radius 3 is 3.24 bits per heavy atom. The first-order valence-electron chi connectivity index (χ1n) is 8.27. The fraction of sp³-hybridized carbons (Fsp3) is 0.353. The number of amides is 1. The summed E-state index contributed by atoms with van der Waals surface area (Å²) in [5, 5.41) is 10.6. The van der Waals surface area contributed by atoms with Gasteiger partial charge in [0.25, 0.3) is 5.91 Å². The molecule has 2 aromatic heterocycles. The van der Waals surface area contributed by atoms with Gasteiger partial charge in [-0.1, -0.05) is 11.6 Å². The van der Waals surface area contributed by atoms with Gasteiger partial charge in [0.2, 0.25) is 0 Å². The zero-order chi connectivity index (χ0) is 17.2. The van der Waals surface area contributed by atoms with Gasteiger partial charge in [-0.25, -0.2) is 4.98 Å². The van der Waals surface area contributed by atoms with Gasteiger partial charge in [0.15, 0.2) is 5.69 Å². The standard InChI is InChI=1S/C17H18ClN5O2/c18-10-3-4-13-14(8-10)21-15(20-13)2-1-6-19-17(24)16-11-9-25-7-5-12(11)22-23-16/h3-4,8H,1-2,5-7,9H2,(H,19,24)(H,20,21)(H,22,23). The highest BCUT2D eigenvalue weighted by molar-refractivity contribution is 6.31. The molecule has 0 spiro atoms. The van der Waals surface area contributed by atoms with E-state index in [-0.39, 0.29) is 5.91 Å². The number of nitrogens with zero attached hydrogens (tertiary/aromatic N) is 2. The second kappa shape index (κ2) is 6.85. The normalized spacial score (nSPS) is 13.8. The highest BCUT2D eigenvalue weighted by atomic mass is 35.5. The number of imidazole rings is 1. The Hall–Kier alpha value is -2.38. The number of aryl methyl sites for hydroxylation is 1. The number of nitrogens with one attached hydrogen (secondary N) is 3. The summed E-state index contributed by atoms with van der Waals surface area (Å²) in [6.45, 7) is 1.66. The Balaban J connectivity index is 1.31. The van der Waals surface area contributed by atoms with Crippen molar-refractivity contribution >= 4 is 28.5 Å². The first kappa shape index (κ1) is 16.1. The number of aromatic nitrogens is 4. The first-order valence-corrected chi connectivity index (χ1v) is 8.65. The van der Waals surface area contributed by atoms with Crippen LogP contribution in [0.5, 0.6) is 0 Å². The number of carbonyl (C=O) groups excluding carboxylic acids is 1. The van der Waals surface area contributed by atoms with Crippen LogP contribution in [0, 0.1) is 0 Å². The van der Waals surface area contributed by atoms with Gasteiger partial charge in [0.05, 0.1) is 24.2 Å². The molecule has 0 unspecified atom stereocenters. The van der Waals surface area contributed by atoms with E-state index in [1.54, 1.807) is 0 Å². The molecule has 0 radical (unpaired) electrons. The molecule has 0 aliphatic carbocycles. The van der Waals surface area contributed by atoms with E-state index in [9.17, 15) is 4.79 Å². The fourth-order valence-electron chi connectivity index (χ4n) is 2.99. The van der Waals surface area contributed by atoms with E-state index in [2.05, 4.69) is 25.5 Å². The maximum absolute atomic E-state index is 12.3. The minimum Gasteiger partial charge on any atom is -0.376 e. The van der Waals surface area contributed by atoms with Crippen molar-refractivity contribution in [3.63, 3.8) is 0 Å². The van der Waals surface area contributed by atoms with Crippen LogP contribution >= 0.6 is 11.6 Å². The van der Waals surface area contributed by atoms with E-state index in [4.69, 9.17) is 16.3 Å². The van der Waals surface area contributed by atoms with Crippen LogP contribution in [0.3, 0.4) is 0 Å². The van der Waals surface area contributed by atoms with Crippen molar-refractivity contribution in [1.29, 1.82) is 0 Å². The van der Waals surface area contributed by atoms with Crippen LogP contribution in [0.15, 0.2) is 18.2 Å². The van der Waals surface area contributed by atoms with Crippen molar-refractivity contribution in [2.75, 3.05) is 13.2 Å². The van der Waals surface area contributed by atoms with E-state index in [0.29, 0.717) is 30.5 Å². The summed E-state index contributed by atoms with van der Waals surface area (Å²) in [4.78, 5) is 20.0. The topological polar surface area (TPSA) is 95.7 Å². The van der Waals surface area contributed by atoms with Crippen LogP contribution < -0.4 is 5.32 Å². The van der Waals surface area contributed by atoms with Gasteiger partial charge in [0.1, 0.15) is 5.82 Å². The maximum Gasteiger partial charge on any atom is 0.272 e. The number of hydrogen-bond donors (Lipinski definition) is 3. The van der Waals surface area contributed by atoms with Gasteiger partial charge >= 0.3 is 0 Å². The zero-order valence-corrected chi connectivity index (χ0v) is 14.3. The molecule has 0 saturated heterocycles. The second-order valence-corrected chi connectivity index (χ2v) is 6.47. The molecule has 0 bridgehead atoms. The SMILES string of the molecule is O=C(NCCCc1nc2ccc(Cl)cc2[nH]1)c1n[nH]c2c1COCC2. The monoisotopic (exact) mass is 359 g/mol. The minimum absolute atomic E-state index is 0.167. The van der Waals surface area contributed by atoms with Gasteiger partial charge in [0, 0.05) is 35.7 Å². The lowest BCUT2D eigenvalue weighted by atomic mass is 10.1. The second-order valence-electron chi connectivity index (χ2n) is 6.04. The molecule has 25 heavy (non-hydrogen) atoms. The van der Waals surface area contributed by atoms with E-state index in [0.717, 1.165) is 47.4 Å². The van der Waals surface area contributed by atoms with Gasteiger partial charge < -0.3 is 15.0 Å². The van der Waals surface area contributed by atoms with Crippen LogP contribution in [-0.4, -0.2) is 39.2 Å². The fourth-order valence-corrected chi connectivity index (χ4v) is 3.17. The van der Waals surface area contributed by atoms with Crippen molar-refractivity contribution in [2.45, 2.75) is 25.9 Å². The molecule has 4 rings (SSSR count). The summed E-state index contributed by atoms with van der Waals surface area (Å²) in [5.74, 6) is 0.719. The van der Waals surface area contributed by atoms with E-state index in [1.807, 2.05) is 18.2 Å². The van der Waals surface area contributed by atoms with Gasteiger partial charge in [-0.2, -0.15) is 5.10 Å². The Bertz CT molecular complexity index is 917. The lowest BCUT2D eigenvalue weighted by Gasteiger charge is -2.12. The molecule has 3 aromatic rings. The number of carbonyl (C=O) groups is 1. The highest BCUT2D eigenvalue weighted by Crippen LogP contribution is 2.19. The van der Waals surface area contributed by atoms with Crippen molar-refractivity contribution in [2.24, 2.45) is 0 Å². The van der Waals surface area contributed by atoms with E-state index >= 15 is 0 Å². The molecule has 1 aliphatic rings. The molecule has 0 fully saturated rings. The quantitative estimate of drug-likeness (QED) is 0.609. The Morgan fingerprint density at radius 1 is 1.40 bits per heavy atom. The van der Waals surface area contributed by atoms with Crippen LogP contribution in [0.4, 0.5) is 0 Å². The number of rotatable bonds is 5. The molecule has 8 heteroatoms. The van der Waals surface area contributed by atoms with Crippen LogP contribution in [0.2, 0.25) is 5.02 Å². The van der Waals surface area contributed by atoms with Gasteiger partial charge in [-0.15, -0.1) is 0 Å². The summed E-state index contributed by atoms with van der Waals surface area (Å²) >= 11 is 5.98. The Labute approximate surface area is 149 Å². The van der Waals surface area contributed by atoms with Crippen molar-refractivity contribution in [3.8, 4) is 0 Å². The molecule has 1 aromatic carbocycles. The molecule has 3 heterocycles. The zero-order valence-electron chi connectivity index (χ0n) is 13.6. The Kier molecular flexibility index (Phi) is 4.42. The average molecular weight is 360 g/mol. The first-order chi connectivity index (χ1) is 12.2. The Morgan fingerprint density at radius 2 is 2.32 bits per heavy atom. The molecule has 1 amide bonds. The third-order valence-corrected chi connectivity index (χ3v) is 4.51. The van der Waals surface area contributed by atoms with E-state index in [1.165, 1.54) is 0 Å². The predicted octanol–water partition coefficient (Wildman–Crippen LogP) is 2.37. The lowest BCUT2D eigenvalue weighted by Crippen LogP contribution is -2.26. The summed E-state index contributed by atoms with van der Waals surface area (Å²) < 4.78 is 5.40. The highest BCUT2D eigenvalue weighted by Gasteiger charge is 2.21. The van der Waals surface area contributed by atoms with Crippen LogP contribution in [-0.2, 0) is 24.2 Å². The number of halogens is 1. The number of benzene rings is 1. The number of hydrogen-bond acceptors (Lipinski definition) is 4. The van der Waals surface area contributed by atoms with Crippen molar-refractivity contribution < 1.29 is 9.53 Å². The maximum atomic E-state index is 12.3. The minimum atomic E-state index is -0.167. The summed E-state index contributed by atoms with van der Waals surface area (Å²) in [5.41, 5.74) is 4.13. The third-order valence-electron chi connectivity index (χ3n) is 4.28. The number of aromatic amines is 2. The van der Waals surface area contributed by atoms with Crippen LogP contribution in [0.25, 0.3) is 11.0 Å². The average Bonchev–Trinajstić information content (AvgIpc) is 3.21. The molecular weight excluding hydrogens is 342 g/mol. The van der Waals surface area contributed by atoms with E-state index < -0.39 is 0 Å². The van der Waals surface area contributed by atoms with Gasteiger partial charge in [-0.3, -0.25) is 9.89 Å². The summed E-state index contributed by atoms with van der Waals surface area (Å²) in [6, 6.07) is 5.57. The predicted molar refractivity (Wildman–Crippen MR) is 93.7 cm³/mol. The molecule has 130 valence electrons. The number of fused-ring (bicyclic) bond motifs is 2. The molecule has 0 atom stereocenters. The number of ether oxygens (including phenoxy) is 1. The summed E-state index contributed by atoms with van der Waals surface area (Å²) in [7, 11) is 0.